The van der Waals surface area contributed by atoms with Gasteiger partial charge in [0.1, 0.15) is 5.83 Å². The van der Waals surface area contributed by atoms with Crippen LogP contribution in [0.25, 0.3) is 0 Å². The molecule has 0 saturated carbocycles. The largest absolute Gasteiger partial charge is 0.388 e. The maximum atomic E-state index is 14.0. The van der Waals surface area contributed by atoms with Gasteiger partial charge in [-0.3, -0.25) is 4.90 Å². The Kier molecular flexibility index (Phi) is 3.44. The van der Waals surface area contributed by atoms with Crippen LogP contribution in [0.1, 0.15) is 19.3 Å². The molecule has 0 radical (unpaired) electrons. The lowest BCUT2D eigenvalue weighted by molar-refractivity contribution is 0.188. The number of nitrogens with one attached hydrogen (secondary N) is 1. The van der Waals surface area contributed by atoms with Gasteiger partial charge in [-0.2, -0.15) is 0 Å². The van der Waals surface area contributed by atoms with Crippen molar-refractivity contribution in [2.24, 2.45) is 0 Å². The van der Waals surface area contributed by atoms with Crippen LogP contribution in [0.15, 0.2) is 35.8 Å². The Hall–Kier alpha value is -1.09. The maximum Gasteiger partial charge on any atom is 0.124 e. The summed E-state index contributed by atoms with van der Waals surface area (Å²) < 4.78 is 14.0. The fraction of sp³-hybridized carbons (Fsp3) is 0.538. The van der Waals surface area contributed by atoms with Crippen molar-refractivity contribution in [1.29, 1.82) is 0 Å². The van der Waals surface area contributed by atoms with Crippen molar-refractivity contribution in [2.45, 2.75) is 25.3 Å². The Bertz CT molecular complexity index is 338. The predicted octanol–water partition coefficient (Wildman–Crippen LogP) is 2.37. The zero-order valence-electron chi connectivity index (χ0n) is 9.80. The fourth-order valence-electron chi connectivity index (χ4n) is 2.45. The topological polar surface area (TPSA) is 15.3 Å². The van der Waals surface area contributed by atoms with Crippen LogP contribution in [0.2, 0.25) is 0 Å². The van der Waals surface area contributed by atoms with Crippen molar-refractivity contribution in [3.8, 4) is 0 Å². The van der Waals surface area contributed by atoms with E-state index < -0.39 is 0 Å². The Labute approximate surface area is 96.5 Å². The van der Waals surface area contributed by atoms with E-state index in [1.165, 1.54) is 19.3 Å². The number of likely N-dealkylation sites (N-methyl/N-ethyl adjacent to an activating group) is 1. The van der Waals surface area contributed by atoms with Gasteiger partial charge in [0.25, 0.3) is 0 Å². The molecule has 88 valence electrons. The van der Waals surface area contributed by atoms with E-state index in [-0.39, 0.29) is 11.9 Å². The van der Waals surface area contributed by atoms with Gasteiger partial charge >= 0.3 is 0 Å². The molecule has 2 aliphatic rings. The molecule has 0 bridgehead atoms. The summed E-state index contributed by atoms with van der Waals surface area (Å²) in [6.07, 6.45) is 7.11. The van der Waals surface area contributed by atoms with Crippen LogP contribution in [-0.2, 0) is 0 Å². The number of halogens is 1. The average molecular weight is 222 g/mol. The van der Waals surface area contributed by atoms with E-state index in [9.17, 15) is 4.39 Å². The minimum Gasteiger partial charge on any atom is -0.388 e. The summed E-state index contributed by atoms with van der Waals surface area (Å²) in [4.78, 5) is 2.20. The highest BCUT2D eigenvalue weighted by Crippen LogP contribution is 2.28. The first-order chi connectivity index (χ1) is 7.72. The SMILES string of the molecule is C=C1C=C(NC)C=C(F)C1N1CCCCC1. The second-order valence-corrected chi connectivity index (χ2v) is 4.45. The molecular weight excluding hydrogens is 203 g/mol. The minimum absolute atomic E-state index is 0.0845. The number of hydrogen-bond donors (Lipinski definition) is 1. The molecule has 1 unspecified atom stereocenters. The summed E-state index contributed by atoms with van der Waals surface area (Å²) in [7, 11) is 1.80. The molecule has 0 spiro atoms. The molecule has 1 heterocycles. The number of piperidine rings is 1. The van der Waals surface area contributed by atoms with Crippen LogP contribution in [0.5, 0.6) is 0 Å². The van der Waals surface area contributed by atoms with Crippen LogP contribution in [0, 0.1) is 0 Å². The highest BCUT2D eigenvalue weighted by atomic mass is 19.1. The van der Waals surface area contributed by atoms with Gasteiger partial charge in [-0.15, -0.1) is 0 Å². The van der Waals surface area contributed by atoms with Gasteiger partial charge in [0, 0.05) is 12.7 Å². The van der Waals surface area contributed by atoms with Crippen LogP contribution >= 0.6 is 0 Å². The van der Waals surface area contributed by atoms with Crippen molar-refractivity contribution < 1.29 is 4.39 Å². The molecule has 0 amide bonds. The summed E-state index contributed by atoms with van der Waals surface area (Å²) >= 11 is 0. The van der Waals surface area contributed by atoms with Crippen molar-refractivity contribution in [1.82, 2.24) is 10.2 Å². The Morgan fingerprint density at radius 3 is 2.56 bits per heavy atom. The monoisotopic (exact) mass is 222 g/mol. The Morgan fingerprint density at radius 1 is 1.31 bits per heavy atom. The molecule has 1 fully saturated rings. The first-order valence-electron chi connectivity index (χ1n) is 5.92. The van der Waals surface area contributed by atoms with Crippen molar-refractivity contribution in [3.05, 3.63) is 35.8 Å². The highest BCUT2D eigenvalue weighted by molar-refractivity contribution is 5.42. The molecule has 3 heteroatoms. The molecule has 1 atom stereocenters. The quantitative estimate of drug-likeness (QED) is 0.771. The lowest BCUT2D eigenvalue weighted by Gasteiger charge is -2.35. The molecule has 1 N–H and O–H groups in total. The van der Waals surface area contributed by atoms with Crippen molar-refractivity contribution in [2.75, 3.05) is 20.1 Å². The smallest absolute Gasteiger partial charge is 0.124 e. The van der Waals surface area contributed by atoms with E-state index in [0.29, 0.717) is 0 Å². The number of nitrogens with zero attached hydrogens (tertiary/aromatic N) is 1. The minimum atomic E-state index is -0.225. The van der Waals surface area contributed by atoms with Crippen LogP contribution < -0.4 is 5.32 Å². The lowest BCUT2D eigenvalue weighted by atomic mass is 9.97. The molecule has 1 aliphatic heterocycles. The molecule has 1 aliphatic carbocycles. The lowest BCUT2D eigenvalue weighted by Crippen LogP contribution is -2.41. The molecule has 0 aromatic rings. The van der Waals surface area contributed by atoms with Gasteiger partial charge in [-0.05, 0) is 43.7 Å². The first-order valence-corrected chi connectivity index (χ1v) is 5.92. The van der Waals surface area contributed by atoms with Gasteiger partial charge in [0.15, 0.2) is 0 Å². The third-order valence-corrected chi connectivity index (χ3v) is 3.29. The Morgan fingerprint density at radius 2 is 2.00 bits per heavy atom. The third-order valence-electron chi connectivity index (χ3n) is 3.29. The Balaban J connectivity index is 2.14. The van der Waals surface area contributed by atoms with E-state index >= 15 is 0 Å². The summed E-state index contributed by atoms with van der Waals surface area (Å²) in [5.41, 5.74) is 1.65. The van der Waals surface area contributed by atoms with Gasteiger partial charge in [-0.1, -0.05) is 13.0 Å². The van der Waals surface area contributed by atoms with Crippen molar-refractivity contribution in [3.63, 3.8) is 0 Å². The van der Waals surface area contributed by atoms with Gasteiger partial charge in [-0.25, -0.2) is 4.39 Å². The molecular formula is C13H19FN2. The van der Waals surface area contributed by atoms with Crippen molar-refractivity contribution >= 4 is 0 Å². The summed E-state index contributed by atoms with van der Waals surface area (Å²) in [6, 6.07) is -0.225. The standard InChI is InChI=1S/C13H19FN2/c1-10-8-11(15-2)9-12(14)13(10)16-6-4-3-5-7-16/h8-9,13,15H,1,3-7H2,2H3. The summed E-state index contributed by atoms with van der Waals surface area (Å²) in [5.74, 6) is -0.0845. The highest BCUT2D eigenvalue weighted by Gasteiger charge is 2.28. The molecule has 16 heavy (non-hydrogen) atoms. The zero-order chi connectivity index (χ0) is 11.5. The first kappa shape index (κ1) is 11.4. The number of rotatable bonds is 2. The predicted molar refractivity (Wildman–Crippen MR) is 64.7 cm³/mol. The number of likely N-dealkylation sites (tertiary alicyclic amines) is 1. The van der Waals surface area contributed by atoms with E-state index in [2.05, 4.69) is 16.8 Å². The number of allylic oxidation sites excluding steroid dienone is 1. The molecule has 2 rings (SSSR count). The second kappa shape index (κ2) is 4.83. The maximum absolute atomic E-state index is 14.0. The molecule has 1 saturated heterocycles. The third kappa shape index (κ3) is 2.19. The van der Waals surface area contributed by atoms with Gasteiger partial charge in [0.05, 0.1) is 6.04 Å². The average Bonchev–Trinajstić information content (AvgIpc) is 2.29. The fourth-order valence-corrected chi connectivity index (χ4v) is 2.45. The summed E-state index contributed by atoms with van der Waals surface area (Å²) in [6.45, 7) is 5.94. The normalized spacial score (nSPS) is 27.4. The zero-order valence-corrected chi connectivity index (χ0v) is 9.80. The second-order valence-electron chi connectivity index (χ2n) is 4.45. The molecule has 0 aromatic carbocycles. The van der Waals surface area contributed by atoms with Crippen LogP contribution in [-0.4, -0.2) is 31.1 Å². The van der Waals surface area contributed by atoms with Gasteiger partial charge in [0.2, 0.25) is 0 Å². The van der Waals surface area contributed by atoms with E-state index in [1.54, 1.807) is 13.1 Å². The van der Waals surface area contributed by atoms with Gasteiger partial charge < -0.3 is 5.32 Å². The van der Waals surface area contributed by atoms with E-state index in [4.69, 9.17) is 0 Å². The summed E-state index contributed by atoms with van der Waals surface area (Å²) in [5, 5.41) is 2.95. The van der Waals surface area contributed by atoms with Crippen LogP contribution in [0.4, 0.5) is 4.39 Å². The number of hydrogen-bond acceptors (Lipinski definition) is 2. The molecule has 2 nitrogen and oxygen atoms in total. The van der Waals surface area contributed by atoms with E-state index in [1.807, 2.05) is 6.08 Å². The van der Waals surface area contributed by atoms with Crippen LogP contribution in [0.3, 0.4) is 0 Å². The van der Waals surface area contributed by atoms with E-state index in [0.717, 1.165) is 24.4 Å². The molecule has 0 aromatic heterocycles.